The number of ether oxygens (including phenoxy) is 1. The molecule has 0 amide bonds. The van der Waals surface area contributed by atoms with Crippen molar-refractivity contribution in [1.29, 1.82) is 0 Å². The molecular formula is C12H16BrNO3. The number of rotatable bonds is 5. The molecule has 94 valence electrons. The Morgan fingerprint density at radius 2 is 2.24 bits per heavy atom. The number of carboxylic acid groups (broad SMARTS) is 1. The summed E-state index contributed by atoms with van der Waals surface area (Å²) in [5, 5.41) is 8.66. The summed E-state index contributed by atoms with van der Waals surface area (Å²) in [4.78, 5) is 10.5. The third-order valence-electron chi connectivity index (χ3n) is 2.61. The van der Waals surface area contributed by atoms with Gasteiger partial charge in [0.2, 0.25) is 0 Å². The van der Waals surface area contributed by atoms with E-state index in [4.69, 9.17) is 15.6 Å². The number of benzene rings is 1. The number of carbonyl (C=O) groups is 1. The first-order valence-corrected chi connectivity index (χ1v) is 6.07. The number of carboxylic acids is 1. The Hall–Kier alpha value is -1.07. The molecule has 0 aliphatic rings. The quantitative estimate of drug-likeness (QED) is 0.877. The van der Waals surface area contributed by atoms with Gasteiger partial charge in [0.1, 0.15) is 5.75 Å². The van der Waals surface area contributed by atoms with Crippen LogP contribution in [0.1, 0.15) is 30.0 Å². The van der Waals surface area contributed by atoms with E-state index in [0.717, 1.165) is 15.6 Å². The fourth-order valence-corrected chi connectivity index (χ4v) is 2.27. The van der Waals surface area contributed by atoms with E-state index >= 15 is 0 Å². The van der Waals surface area contributed by atoms with E-state index in [9.17, 15) is 4.79 Å². The Balaban J connectivity index is 3.02. The lowest BCUT2D eigenvalue weighted by molar-refractivity contribution is -0.137. The van der Waals surface area contributed by atoms with Gasteiger partial charge in [-0.25, -0.2) is 0 Å². The second-order valence-electron chi connectivity index (χ2n) is 3.85. The minimum atomic E-state index is -0.841. The number of methoxy groups -OCH3 is 1. The summed E-state index contributed by atoms with van der Waals surface area (Å²) >= 11 is 3.39. The lowest BCUT2D eigenvalue weighted by Gasteiger charge is -2.18. The minimum Gasteiger partial charge on any atom is -0.495 e. The van der Waals surface area contributed by atoms with Gasteiger partial charge in [-0.2, -0.15) is 0 Å². The standard InChI is InChI=1S/C12H16BrNO3/c1-7-3-4-8(13)12(17-2)11(7)9(14)5-6-10(15)16/h3-4,9H,5-6,14H2,1-2H3,(H,15,16). The van der Waals surface area contributed by atoms with Gasteiger partial charge in [-0.05, 0) is 40.9 Å². The number of nitrogens with two attached hydrogens (primary N) is 1. The summed E-state index contributed by atoms with van der Waals surface area (Å²) in [5.41, 5.74) is 7.89. The summed E-state index contributed by atoms with van der Waals surface area (Å²) < 4.78 is 6.14. The van der Waals surface area contributed by atoms with Crippen molar-refractivity contribution in [2.24, 2.45) is 5.73 Å². The van der Waals surface area contributed by atoms with Crippen LogP contribution in [0.4, 0.5) is 0 Å². The van der Waals surface area contributed by atoms with Crippen molar-refractivity contribution < 1.29 is 14.6 Å². The molecule has 0 aliphatic carbocycles. The molecule has 5 heteroatoms. The third kappa shape index (κ3) is 3.44. The van der Waals surface area contributed by atoms with Gasteiger partial charge >= 0.3 is 5.97 Å². The highest BCUT2D eigenvalue weighted by Crippen LogP contribution is 2.35. The van der Waals surface area contributed by atoms with Crippen molar-refractivity contribution in [3.8, 4) is 5.75 Å². The molecule has 1 atom stereocenters. The third-order valence-corrected chi connectivity index (χ3v) is 3.23. The zero-order valence-corrected chi connectivity index (χ0v) is 11.5. The maximum atomic E-state index is 10.5. The van der Waals surface area contributed by atoms with Gasteiger partial charge < -0.3 is 15.6 Å². The average Bonchev–Trinajstić information content (AvgIpc) is 2.28. The summed E-state index contributed by atoms with van der Waals surface area (Å²) in [7, 11) is 1.58. The molecule has 0 heterocycles. The summed E-state index contributed by atoms with van der Waals surface area (Å²) in [6.45, 7) is 1.94. The van der Waals surface area contributed by atoms with Crippen LogP contribution in [0.5, 0.6) is 5.75 Å². The van der Waals surface area contributed by atoms with Crippen LogP contribution in [0.3, 0.4) is 0 Å². The molecule has 3 N–H and O–H groups in total. The summed E-state index contributed by atoms with van der Waals surface area (Å²) in [6.07, 6.45) is 0.444. The average molecular weight is 302 g/mol. The number of aryl methyl sites for hydroxylation is 1. The molecule has 0 aliphatic heterocycles. The van der Waals surface area contributed by atoms with Crippen LogP contribution in [-0.2, 0) is 4.79 Å². The topological polar surface area (TPSA) is 72.5 Å². The molecule has 17 heavy (non-hydrogen) atoms. The first-order valence-electron chi connectivity index (χ1n) is 5.27. The lowest BCUT2D eigenvalue weighted by atomic mass is 9.97. The highest BCUT2D eigenvalue weighted by atomic mass is 79.9. The number of hydrogen-bond donors (Lipinski definition) is 2. The molecule has 0 aromatic heterocycles. The predicted octanol–water partition coefficient (Wildman–Crippen LogP) is 2.63. The normalized spacial score (nSPS) is 12.2. The molecule has 4 nitrogen and oxygen atoms in total. The molecule has 0 radical (unpaired) electrons. The van der Waals surface area contributed by atoms with Crippen LogP contribution in [-0.4, -0.2) is 18.2 Å². The molecule has 1 aromatic rings. The highest BCUT2D eigenvalue weighted by molar-refractivity contribution is 9.10. The van der Waals surface area contributed by atoms with E-state index in [0.29, 0.717) is 12.2 Å². The molecule has 0 fully saturated rings. The van der Waals surface area contributed by atoms with Gasteiger partial charge in [0.25, 0.3) is 0 Å². The maximum Gasteiger partial charge on any atom is 0.303 e. The summed E-state index contributed by atoms with van der Waals surface area (Å²) in [6, 6.07) is 3.49. The number of halogens is 1. The Morgan fingerprint density at radius 1 is 1.59 bits per heavy atom. The van der Waals surface area contributed by atoms with Crippen molar-refractivity contribution in [2.45, 2.75) is 25.8 Å². The van der Waals surface area contributed by atoms with Crippen LogP contribution in [0.2, 0.25) is 0 Å². The molecule has 0 saturated carbocycles. The summed E-state index contributed by atoms with van der Waals surface area (Å²) in [5.74, 6) is -0.157. The lowest BCUT2D eigenvalue weighted by Crippen LogP contribution is -2.15. The van der Waals surface area contributed by atoms with Gasteiger partial charge in [0.15, 0.2) is 0 Å². The predicted molar refractivity (Wildman–Crippen MR) is 69.2 cm³/mol. The van der Waals surface area contributed by atoms with E-state index in [-0.39, 0.29) is 12.5 Å². The van der Waals surface area contributed by atoms with E-state index in [1.807, 2.05) is 19.1 Å². The Bertz CT molecular complexity index is 420. The van der Waals surface area contributed by atoms with E-state index in [1.165, 1.54) is 0 Å². The van der Waals surface area contributed by atoms with Gasteiger partial charge in [-0.3, -0.25) is 4.79 Å². The van der Waals surface area contributed by atoms with E-state index in [1.54, 1.807) is 7.11 Å². The van der Waals surface area contributed by atoms with Crippen LogP contribution < -0.4 is 10.5 Å². The second kappa shape index (κ2) is 6.02. The van der Waals surface area contributed by atoms with Crippen molar-refractivity contribution >= 4 is 21.9 Å². The fraction of sp³-hybridized carbons (Fsp3) is 0.417. The molecular weight excluding hydrogens is 286 g/mol. The molecule has 1 unspecified atom stereocenters. The molecule has 0 saturated heterocycles. The fourth-order valence-electron chi connectivity index (χ4n) is 1.76. The molecule has 0 bridgehead atoms. The van der Waals surface area contributed by atoms with Gasteiger partial charge in [-0.15, -0.1) is 0 Å². The first kappa shape index (κ1) is 14.0. The van der Waals surface area contributed by atoms with Crippen LogP contribution in [0.15, 0.2) is 16.6 Å². The van der Waals surface area contributed by atoms with Crippen LogP contribution >= 0.6 is 15.9 Å². The van der Waals surface area contributed by atoms with Crippen molar-refractivity contribution in [3.05, 3.63) is 27.7 Å². The van der Waals surface area contributed by atoms with Crippen molar-refractivity contribution in [2.75, 3.05) is 7.11 Å². The van der Waals surface area contributed by atoms with Crippen LogP contribution in [0.25, 0.3) is 0 Å². The molecule has 1 aromatic carbocycles. The number of aliphatic carboxylic acids is 1. The van der Waals surface area contributed by atoms with Gasteiger partial charge in [-0.1, -0.05) is 6.07 Å². The Kier molecular flexibility index (Phi) is 4.96. The largest absolute Gasteiger partial charge is 0.495 e. The Morgan fingerprint density at radius 3 is 2.76 bits per heavy atom. The van der Waals surface area contributed by atoms with E-state index < -0.39 is 5.97 Å². The zero-order valence-electron chi connectivity index (χ0n) is 9.87. The second-order valence-corrected chi connectivity index (χ2v) is 4.70. The monoisotopic (exact) mass is 301 g/mol. The smallest absolute Gasteiger partial charge is 0.303 e. The number of hydrogen-bond acceptors (Lipinski definition) is 3. The van der Waals surface area contributed by atoms with Crippen LogP contribution in [0, 0.1) is 6.92 Å². The highest BCUT2D eigenvalue weighted by Gasteiger charge is 2.18. The van der Waals surface area contributed by atoms with Crippen molar-refractivity contribution in [1.82, 2.24) is 0 Å². The molecule has 1 rings (SSSR count). The molecule has 0 spiro atoms. The maximum absolute atomic E-state index is 10.5. The van der Waals surface area contributed by atoms with Gasteiger partial charge in [0.05, 0.1) is 11.6 Å². The Labute approximate surface area is 109 Å². The van der Waals surface area contributed by atoms with Gasteiger partial charge in [0, 0.05) is 18.0 Å². The zero-order chi connectivity index (χ0) is 13.0. The first-order chi connectivity index (χ1) is 7.97. The minimum absolute atomic E-state index is 0.0519. The van der Waals surface area contributed by atoms with Crippen molar-refractivity contribution in [3.63, 3.8) is 0 Å². The SMILES string of the molecule is COc1c(Br)ccc(C)c1C(N)CCC(=O)O. The van der Waals surface area contributed by atoms with E-state index in [2.05, 4.69) is 15.9 Å².